The number of alkyl halides is 3. The van der Waals surface area contributed by atoms with Gasteiger partial charge in [-0.15, -0.1) is 0 Å². The normalized spacial score (nSPS) is 14.3. The van der Waals surface area contributed by atoms with Crippen molar-refractivity contribution in [3.63, 3.8) is 0 Å². The zero-order chi connectivity index (χ0) is 35.6. The fraction of sp³-hybridized carbons (Fsp3) is 0.366. The summed E-state index contributed by atoms with van der Waals surface area (Å²) in [6.07, 6.45) is 5.69. The highest BCUT2D eigenvalue weighted by molar-refractivity contribution is 7.47. The van der Waals surface area contributed by atoms with Crippen molar-refractivity contribution in [3.8, 4) is 0 Å². The van der Waals surface area contributed by atoms with Crippen LogP contribution in [0.5, 0.6) is 0 Å². The van der Waals surface area contributed by atoms with Gasteiger partial charge in [-0.3, -0.25) is 9.79 Å². The largest absolute Gasteiger partial charge is 0.416 e. The molecule has 0 aliphatic heterocycles. The summed E-state index contributed by atoms with van der Waals surface area (Å²) in [5.41, 5.74) is 7.44. The van der Waals surface area contributed by atoms with E-state index in [1.54, 1.807) is 12.1 Å². The van der Waals surface area contributed by atoms with Crippen molar-refractivity contribution in [1.82, 2.24) is 5.32 Å². The van der Waals surface area contributed by atoms with E-state index in [1.807, 2.05) is 45.9 Å². The van der Waals surface area contributed by atoms with E-state index in [1.165, 1.54) is 12.1 Å². The second kappa shape index (κ2) is 17.6. The zero-order valence-electron chi connectivity index (χ0n) is 29.4. The third-order valence-corrected chi connectivity index (χ3v) is 10.3. The number of halogens is 3. The van der Waals surface area contributed by atoms with Crippen LogP contribution in [0.25, 0.3) is 0 Å². The molecule has 0 heterocycles. The molecule has 1 N–H and O–H groups in total. The summed E-state index contributed by atoms with van der Waals surface area (Å²) in [7, 11) is 0.595. The predicted octanol–water partition coefficient (Wildman–Crippen LogP) is 10.7. The Labute approximate surface area is 287 Å². The van der Waals surface area contributed by atoms with Gasteiger partial charge in [0.15, 0.2) is 0 Å². The minimum absolute atomic E-state index is 0.150. The fourth-order valence-corrected chi connectivity index (χ4v) is 7.08. The summed E-state index contributed by atoms with van der Waals surface area (Å²) >= 11 is 0. The first-order valence-corrected chi connectivity index (χ1v) is 17.9. The smallest absolute Gasteiger partial charge is 0.326 e. The van der Waals surface area contributed by atoms with Crippen LogP contribution in [-0.4, -0.2) is 18.8 Å². The quantitative estimate of drug-likeness (QED) is 0.0973. The number of hydrogen-bond acceptors (Lipinski definition) is 2. The average molecular weight is 675 g/mol. The first-order chi connectivity index (χ1) is 22.8. The molecule has 4 atom stereocenters. The van der Waals surface area contributed by atoms with Gasteiger partial charge < -0.3 is 5.32 Å². The lowest BCUT2D eigenvalue weighted by Crippen LogP contribution is -2.32. The first-order valence-electron chi connectivity index (χ1n) is 16.7. The van der Waals surface area contributed by atoms with Crippen LogP contribution in [0.3, 0.4) is 0 Å². The molecule has 48 heavy (non-hydrogen) atoms. The molecule has 3 aromatic carbocycles. The van der Waals surface area contributed by atoms with E-state index in [0.717, 1.165) is 62.5 Å². The number of hydrogen-bond donors (Lipinski definition) is 1. The standard InChI is InChI=1S/C41H50F3N2OP/c1-10-14-15-35(12-3)46-40(47)29(8)38(36-20-21-37(48-13-4)39(45-9)28(36)7)31-17-16-27(6)32(24-31)23-30-18-19-34(41(42,43)44)25-33(30)22-26(5)11-2/h10,12,14-21,24-26,29,38,48H,3,9,11,13,22-23H2,1-2,4-8H3,(H,46,47)/b14-10-,35-15+/t26-,29?,38?/m1/s1. The van der Waals surface area contributed by atoms with Crippen molar-refractivity contribution in [3.05, 3.63) is 130 Å². The molecule has 0 saturated carbocycles. The molecular weight excluding hydrogens is 624 g/mol. The van der Waals surface area contributed by atoms with Crippen molar-refractivity contribution in [1.29, 1.82) is 0 Å². The van der Waals surface area contributed by atoms with E-state index in [4.69, 9.17) is 0 Å². The van der Waals surface area contributed by atoms with Gasteiger partial charge in [-0.05, 0) is 121 Å². The molecule has 7 heteroatoms. The molecule has 3 rings (SSSR count). The molecule has 0 spiro atoms. The maximum absolute atomic E-state index is 13.9. The number of aliphatic imine (C=N–C) groups is 1. The minimum Gasteiger partial charge on any atom is -0.326 e. The van der Waals surface area contributed by atoms with E-state index in [-0.39, 0.29) is 17.7 Å². The van der Waals surface area contributed by atoms with Gasteiger partial charge in [0.25, 0.3) is 0 Å². The van der Waals surface area contributed by atoms with E-state index in [9.17, 15) is 18.0 Å². The SMILES string of the molecule is C=C/C(=C\C=C/C)NC(=O)C(C)C(c1ccc(C)c(Cc2ccc(C(F)(F)F)cc2C[C@H](C)CC)c1)c1ccc(PCC)c(N=C)c1C. The molecule has 3 unspecified atom stereocenters. The molecule has 0 fully saturated rings. The summed E-state index contributed by atoms with van der Waals surface area (Å²) in [5, 5.41) is 4.19. The van der Waals surface area contributed by atoms with Crippen LogP contribution in [0.2, 0.25) is 0 Å². The van der Waals surface area contributed by atoms with E-state index < -0.39 is 17.7 Å². The maximum Gasteiger partial charge on any atom is 0.416 e. The Morgan fingerprint density at radius 3 is 2.35 bits per heavy atom. The maximum atomic E-state index is 13.9. The third-order valence-electron chi connectivity index (χ3n) is 9.11. The van der Waals surface area contributed by atoms with Crippen molar-refractivity contribution in [2.24, 2.45) is 16.8 Å². The van der Waals surface area contributed by atoms with E-state index in [0.29, 0.717) is 27.1 Å². The number of allylic oxidation sites excluding steroid dienone is 4. The fourth-order valence-electron chi connectivity index (χ4n) is 6.06. The molecule has 0 radical (unpaired) electrons. The Morgan fingerprint density at radius 1 is 1.02 bits per heavy atom. The lowest BCUT2D eigenvalue weighted by Gasteiger charge is -2.28. The number of amides is 1. The number of carbonyl (C=O) groups is 1. The van der Waals surface area contributed by atoms with Gasteiger partial charge in [-0.25, -0.2) is 0 Å². The third kappa shape index (κ3) is 9.66. The second-order valence-electron chi connectivity index (χ2n) is 12.5. The molecule has 3 nitrogen and oxygen atoms in total. The van der Waals surface area contributed by atoms with Crippen molar-refractivity contribution in [2.45, 2.75) is 79.8 Å². The highest BCUT2D eigenvalue weighted by Crippen LogP contribution is 2.39. The summed E-state index contributed by atoms with van der Waals surface area (Å²) in [6.45, 7) is 21.9. The molecule has 0 aromatic heterocycles. The van der Waals surface area contributed by atoms with Crippen molar-refractivity contribution >= 4 is 32.2 Å². The van der Waals surface area contributed by atoms with Crippen LogP contribution >= 0.6 is 8.58 Å². The lowest BCUT2D eigenvalue weighted by molar-refractivity contribution is -0.137. The van der Waals surface area contributed by atoms with Gasteiger partial charge in [-0.1, -0.05) is 97.8 Å². The van der Waals surface area contributed by atoms with Gasteiger partial charge in [0.2, 0.25) is 5.91 Å². The second-order valence-corrected chi connectivity index (χ2v) is 14.1. The summed E-state index contributed by atoms with van der Waals surface area (Å²) in [4.78, 5) is 18.3. The Kier molecular flexibility index (Phi) is 14.2. The van der Waals surface area contributed by atoms with Gasteiger partial charge >= 0.3 is 6.18 Å². The van der Waals surface area contributed by atoms with Crippen LogP contribution in [-0.2, 0) is 23.8 Å². The Morgan fingerprint density at radius 2 is 1.75 bits per heavy atom. The van der Waals surface area contributed by atoms with Crippen LogP contribution in [0, 0.1) is 25.7 Å². The molecule has 0 saturated heterocycles. The Balaban J connectivity index is 2.19. The molecule has 0 aliphatic rings. The monoisotopic (exact) mass is 674 g/mol. The molecule has 0 bridgehead atoms. The number of carbonyl (C=O) groups excluding carboxylic acids is 1. The summed E-state index contributed by atoms with van der Waals surface area (Å²) in [6, 6.07) is 14.6. The Hall–Kier alpha value is -3.76. The van der Waals surface area contributed by atoms with E-state index in [2.05, 4.69) is 74.7 Å². The number of benzene rings is 3. The topological polar surface area (TPSA) is 41.5 Å². The molecule has 256 valence electrons. The van der Waals surface area contributed by atoms with Crippen LogP contribution in [0.1, 0.15) is 91.5 Å². The van der Waals surface area contributed by atoms with Gasteiger partial charge in [0.05, 0.1) is 11.3 Å². The van der Waals surface area contributed by atoms with Gasteiger partial charge in [-0.2, -0.15) is 13.2 Å². The molecular formula is C41H50F3N2OP. The zero-order valence-corrected chi connectivity index (χ0v) is 30.4. The van der Waals surface area contributed by atoms with Gasteiger partial charge in [0, 0.05) is 17.5 Å². The van der Waals surface area contributed by atoms with Gasteiger partial charge in [0.1, 0.15) is 0 Å². The first kappa shape index (κ1) is 38.7. The summed E-state index contributed by atoms with van der Waals surface area (Å²) in [5.74, 6) is -0.720. The Bertz CT molecular complexity index is 1670. The average Bonchev–Trinajstić information content (AvgIpc) is 3.05. The number of aryl methyl sites for hydroxylation is 1. The van der Waals surface area contributed by atoms with Crippen molar-refractivity contribution < 1.29 is 18.0 Å². The predicted molar refractivity (Wildman–Crippen MR) is 200 cm³/mol. The van der Waals surface area contributed by atoms with Crippen LogP contribution in [0.4, 0.5) is 18.9 Å². The van der Waals surface area contributed by atoms with Crippen molar-refractivity contribution in [2.75, 3.05) is 6.16 Å². The highest BCUT2D eigenvalue weighted by Gasteiger charge is 2.32. The molecule has 0 aliphatic carbocycles. The van der Waals surface area contributed by atoms with Crippen LogP contribution < -0.4 is 10.6 Å². The highest BCUT2D eigenvalue weighted by atomic mass is 31.1. The summed E-state index contributed by atoms with van der Waals surface area (Å²) < 4.78 is 41.1. The molecule has 1 amide bonds. The van der Waals surface area contributed by atoms with E-state index >= 15 is 0 Å². The van der Waals surface area contributed by atoms with Crippen LogP contribution in [0.15, 0.2) is 90.1 Å². The number of nitrogens with zero attached hydrogens (tertiary/aromatic N) is 1. The minimum atomic E-state index is -4.40. The molecule has 3 aromatic rings. The lowest BCUT2D eigenvalue weighted by atomic mass is 9.78. The number of rotatable bonds is 15. The number of nitrogens with one attached hydrogen (secondary N) is 1.